The van der Waals surface area contributed by atoms with Crippen LogP contribution < -0.4 is 4.74 Å². The molecule has 0 N–H and O–H groups in total. The number of furan rings is 1. The van der Waals surface area contributed by atoms with Gasteiger partial charge in [-0.05, 0) is 48.5 Å². The second kappa shape index (κ2) is 5.36. The van der Waals surface area contributed by atoms with Crippen LogP contribution in [0.3, 0.4) is 0 Å². The molecule has 0 aliphatic carbocycles. The van der Waals surface area contributed by atoms with Crippen molar-refractivity contribution in [2.24, 2.45) is 0 Å². The minimum atomic E-state index is -4.37. The first kappa shape index (κ1) is 14.4. The highest BCUT2D eigenvalue weighted by Crippen LogP contribution is 2.30. The van der Waals surface area contributed by atoms with Gasteiger partial charge in [-0.15, -0.1) is 0 Å². The van der Waals surface area contributed by atoms with Crippen LogP contribution in [0.2, 0.25) is 0 Å². The van der Waals surface area contributed by atoms with Gasteiger partial charge in [-0.25, -0.2) is 4.39 Å². The highest BCUT2D eigenvalue weighted by Gasteiger charge is 2.30. The zero-order valence-electron chi connectivity index (χ0n) is 11.2. The molecule has 0 aliphatic rings. The Labute approximate surface area is 122 Å². The van der Waals surface area contributed by atoms with E-state index in [1.54, 1.807) is 6.07 Å². The van der Waals surface area contributed by atoms with Gasteiger partial charge in [0.2, 0.25) is 0 Å². The van der Waals surface area contributed by atoms with Crippen LogP contribution in [0.25, 0.3) is 11.0 Å². The Hall–Kier alpha value is -2.50. The number of alkyl halides is 3. The summed E-state index contributed by atoms with van der Waals surface area (Å²) in [5, 5.41) is 0.603. The Morgan fingerprint density at radius 3 is 2.36 bits per heavy atom. The predicted molar refractivity (Wildman–Crippen MR) is 71.9 cm³/mol. The first-order valence-corrected chi connectivity index (χ1v) is 6.40. The summed E-state index contributed by atoms with van der Waals surface area (Å²) in [6.45, 7) is 0.0433. The fraction of sp³-hybridized carbons (Fsp3) is 0.125. The SMILES string of the molecule is Fc1ccc2oc(COc3ccc(C(F)(F)F)cc3)cc2c1. The molecule has 2 aromatic carbocycles. The fourth-order valence-corrected chi connectivity index (χ4v) is 2.03. The van der Waals surface area contributed by atoms with E-state index >= 15 is 0 Å². The molecule has 0 fully saturated rings. The van der Waals surface area contributed by atoms with Crippen molar-refractivity contribution in [1.82, 2.24) is 0 Å². The number of hydrogen-bond acceptors (Lipinski definition) is 2. The molecule has 3 rings (SSSR count). The molecule has 0 amide bonds. The van der Waals surface area contributed by atoms with Crippen molar-refractivity contribution in [1.29, 1.82) is 0 Å². The van der Waals surface area contributed by atoms with Crippen molar-refractivity contribution in [3.63, 3.8) is 0 Å². The van der Waals surface area contributed by atoms with E-state index in [9.17, 15) is 17.6 Å². The zero-order chi connectivity index (χ0) is 15.7. The number of benzene rings is 2. The van der Waals surface area contributed by atoms with Gasteiger partial charge in [0.1, 0.15) is 29.5 Å². The quantitative estimate of drug-likeness (QED) is 0.623. The van der Waals surface area contributed by atoms with E-state index in [-0.39, 0.29) is 12.4 Å². The summed E-state index contributed by atoms with van der Waals surface area (Å²) >= 11 is 0. The lowest BCUT2D eigenvalue weighted by atomic mass is 10.2. The molecular weight excluding hydrogens is 300 g/mol. The molecule has 1 heterocycles. The average Bonchev–Trinajstić information content (AvgIpc) is 2.86. The summed E-state index contributed by atoms with van der Waals surface area (Å²) in [6.07, 6.45) is -4.37. The predicted octanol–water partition coefficient (Wildman–Crippen LogP) is 5.17. The van der Waals surface area contributed by atoms with E-state index < -0.39 is 11.7 Å². The van der Waals surface area contributed by atoms with Gasteiger partial charge in [0.05, 0.1) is 5.56 Å². The highest BCUT2D eigenvalue weighted by atomic mass is 19.4. The van der Waals surface area contributed by atoms with E-state index in [1.165, 1.54) is 30.3 Å². The Morgan fingerprint density at radius 1 is 0.955 bits per heavy atom. The first-order chi connectivity index (χ1) is 10.4. The molecule has 0 atom stereocenters. The highest BCUT2D eigenvalue weighted by molar-refractivity contribution is 5.77. The Bertz CT molecular complexity index is 788. The summed E-state index contributed by atoms with van der Waals surface area (Å²) in [6, 6.07) is 10.1. The maximum absolute atomic E-state index is 13.1. The molecule has 6 heteroatoms. The van der Waals surface area contributed by atoms with E-state index in [0.717, 1.165) is 12.1 Å². The van der Waals surface area contributed by atoms with E-state index in [1.807, 2.05) is 0 Å². The lowest BCUT2D eigenvalue weighted by Gasteiger charge is -2.08. The summed E-state index contributed by atoms with van der Waals surface area (Å²) < 4.78 is 61.2. The number of hydrogen-bond donors (Lipinski definition) is 0. The first-order valence-electron chi connectivity index (χ1n) is 6.40. The van der Waals surface area contributed by atoms with Crippen molar-refractivity contribution in [3.8, 4) is 5.75 Å². The molecule has 3 aromatic rings. The monoisotopic (exact) mass is 310 g/mol. The summed E-state index contributed by atoms with van der Waals surface area (Å²) in [4.78, 5) is 0. The van der Waals surface area contributed by atoms with Gasteiger partial charge >= 0.3 is 6.18 Å². The van der Waals surface area contributed by atoms with Crippen LogP contribution in [-0.2, 0) is 12.8 Å². The Morgan fingerprint density at radius 2 is 1.68 bits per heavy atom. The van der Waals surface area contributed by atoms with Gasteiger partial charge in [-0.2, -0.15) is 13.2 Å². The molecule has 0 spiro atoms. The molecule has 114 valence electrons. The van der Waals surface area contributed by atoms with Crippen LogP contribution in [0.15, 0.2) is 52.9 Å². The average molecular weight is 310 g/mol. The van der Waals surface area contributed by atoms with Crippen LogP contribution in [0, 0.1) is 5.82 Å². The summed E-state index contributed by atoms with van der Waals surface area (Å²) in [7, 11) is 0. The minimum absolute atomic E-state index is 0.0433. The van der Waals surface area contributed by atoms with Gasteiger partial charge in [-0.1, -0.05) is 0 Å². The van der Waals surface area contributed by atoms with Crippen LogP contribution in [0.1, 0.15) is 11.3 Å². The lowest BCUT2D eigenvalue weighted by molar-refractivity contribution is -0.137. The second-order valence-electron chi connectivity index (χ2n) is 4.71. The lowest BCUT2D eigenvalue weighted by Crippen LogP contribution is -2.04. The number of halogens is 4. The molecule has 0 saturated heterocycles. The molecule has 0 saturated carbocycles. The largest absolute Gasteiger partial charge is 0.486 e. The molecular formula is C16H10F4O2. The third kappa shape index (κ3) is 3.05. The topological polar surface area (TPSA) is 22.4 Å². The molecule has 0 unspecified atom stereocenters. The van der Waals surface area contributed by atoms with Crippen molar-refractivity contribution in [2.75, 3.05) is 0 Å². The zero-order valence-corrected chi connectivity index (χ0v) is 11.2. The molecule has 0 bridgehead atoms. The normalized spacial score (nSPS) is 11.8. The van der Waals surface area contributed by atoms with Gasteiger partial charge in [-0.3, -0.25) is 0 Å². The minimum Gasteiger partial charge on any atom is -0.486 e. The van der Waals surface area contributed by atoms with Crippen LogP contribution in [0.5, 0.6) is 5.75 Å². The van der Waals surface area contributed by atoms with Crippen molar-refractivity contribution in [2.45, 2.75) is 12.8 Å². The summed E-state index contributed by atoms with van der Waals surface area (Å²) in [5.74, 6) is 0.378. The molecule has 22 heavy (non-hydrogen) atoms. The smallest absolute Gasteiger partial charge is 0.416 e. The third-order valence-electron chi connectivity index (χ3n) is 3.09. The van der Waals surface area contributed by atoms with Crippen molar-refractivity contribution >= 4 is 11.0 Å². The fourth-order valence-electron chi connectivity index (χ4n) is 2.03. The number of rotatable bonds is 3. The van der Waals surface area contributed by atoms with Crippen LogP contribution in [0.4, 0.5) is 17.6 Å². The standard InChI is InChI=1S/C16H10F4O2/c17-12-3-6-15-10(7-12)8-14(22-15)9-21-13-4-1-11(2-5-13)16(18,19)20/h1-8H,9H2. The number of ether oxygens (including phenoxy) is 1. The Kier molecular flexibility index (Phi) is 3.52. The number of fused-ring (bicyclic) bond motifs is 1. The van der Waals surface area contributed by atoms with Gasteiger partial charge in [0.15, 0.2) is 0 Å². The van der Waals surface area contributed by atoms with E-state index in [4.69, 9.17) is 9.15 Å². The van der Waals surface area contributed by atoms with Gasteiger partial charge in [0, 0.05) is 5.39 Å². The maximum Gasteiger partial charge on any atom is 0.416 e. The van der Waals surface area contributed by atoms with Crippen molar-refractivity contribution in [3.05, 3.63) is 65.7 Å². The Balaban J connectivity index is 1.71. The molecule has 1 aromatic heterocycles. The third-order valence-corrected chi connectivity index (χ3v) is 3.09. The van der Waals surface area contributed by atoms with Crippen LogP contribution >= 0.6 is 0 Å². The van der Waals surface area contributed by atoms with Crippen LogP contribution in [-0.4, -0.2) is 0 Å². The van der Waals surface area contributed by atoms with E-state index in [2.05, 4.69) is 0 Å². The van der Waals surface area contributed by atoms with Gasteiger partial charge < -0.3 is 9.15 Å². The second-order valence-corrected chi connectivity index (χ2v) is 4.71. The van der Waals surface area contributed by atoms with Crippen molar-refractivity contribution < 1.29 is 26.7 Å². The molecule has 0 aliphatic heterocycles. The molecule has 0 radical (unpaired) electrons. The van der Waals surface area contributed by atoms with E-state index in [0.29, 0.717) is 22.5 Å². The summed E-state index contributed by atoms with van der Waals surface area (Å²) in [5.41, 5.74) is -0.216. The maximum atomic E-state index is 13.1. The molecule has 2 nitrogen and oxygen atoms in total. The van der Waals surface area contributed by atoms with Gasteiger partial charge in [0.25, 0.3) is 0 Å².